The van der Waals surface area contributed by atoms with Crippen molar-refractivity contribution in [1.82, 2.24) is 9.80 Å². The Morgan fingerprint density at radius 2 is 1.93 bits per heavy atom. The number of ether oxygens (including phenoxy) is 2. The number of primary amides is 1. The lowest BCUT2D eigenvalue weighted by atomic mass is 9.55. The van der Waals surface area contributed by atoms with Gasteiger partial charge in [-0.15, -0.1) is 0 Å². The van der Waals surface area contributed by atoms with Crippen molar-refractivity contribution in [2.45, 2.75) is 30.3 Å². The van der Waals surface area contributed by atoms with Gasteiger partial charge in [-0.25, -0.2) is 0 Å². The number of fused-ring (bicyclic) bond motifs is 3. The average Bonchev–Trinajstić information content (AvgIpc) is 3.42. The molecule has 0 unspecified atom stereocenters. The summed E-state index contributed by atoms with van der Waals surface area (Å²) in [5.41, 5.74) is 0.316. The number of carbonyl (C=O) groups is 4. The quantitative estimate of drug-likeness (QED) is 0.172. The second-order valence-corrected chi connectivity index (χ2v) is 10.8. The molecule has 0 spiro atoms. The zero-order valence-electron chi connectivity index (χ0n) is 22.3. The van der Waals surface area contributed by atoms with Crippen LogP contribution in [0.5, 0.6) is 5.75 Å². The Bertz CT molecular complexity index is 1400. The molecule has 1 saturated heterocycles. The Kier molecular flexibility index (Phi) is 7.16. The molecule has 41 heavy (non-hydrogen) atoms. The molecule has 14 heteroatoms. The maximum atomic E-state index is 14.1. The molecule has 220 valence electrons. The van der Waals surface area contributed by atoms with Crippen molar-refractivity contribution in [3.05, 3.63) is 46.2 Å². The lowest BCUT2D eigenvalue weighted by Gasteiger charge is -2.54. The Morgan fingerprint density at radius 1 is 1.22 bits per heavy atom. The maximum Gasteiger partial charge on any atom is 0.307 e. The number of aliphatic hydroxyl groups excluding tert-OH is 3. The van der Waals surface area contributed by atoms with Gasteiger partial charge in [0.1, 0.15) is 28.9 Å². The van der Waals surface area contributed by atoms with Gasteiger partial charge in [0.05, 0.1) is 54.9 Å². The monoisotopic (exact) mass is 573 g/mol. The molecule has 3 aliphatic carbocycles. The van der Waals surface area contributed by atoms with Crippen molar-refractivity contribution in [2.75, 3.05) is 40.5 Å². The first-order valence-electron chi connectivity index (χ1n) is 13.0. The van der Waals surface area contributed by atoms with Gasteiger partial charge in [-0.1, -0.05) is 12.1 Å². The number of amides is 1. The number of nitrogens with zero attached hydrogens (tertiary/aromatic N) is 2. The number of rotatable bonds is 6. The molecule has 1 amide bonds. The van der Waals surface area contributed by atoms with Crippen LogP contribution in [0.2, 0.25) is 0 Å². The average molecular weight is 574 g/mol. The fraction of sp³-hybridized carbons (Fsp3) is 0.481. The predicted molar refractivity (Wildman–Crippen MR) is 138 cm³/mol. The van der Waals surface area contributed by atoms with Crippen LogP contribution in [0.15, 0.2) is 35.1 Å². The van der Waals surface area contributed by atoms with Crippen molar-refractivity contribution in [1.29, 1.82) is 0 Å². The Morgan fingerprint density at radius 3 is 2.54 bits per heavy atom. The molecule has 1 aliphatic heterocycles. The van der Waals surface area contributed by atoms with Gasteiger partial charge in [-0.05, 0) is 25.7 Å². The highest BCUT2D eigenvalue weighted by Gasteiger charge is 2.70. The zero-order valence-corrected chi connectivity index (χ0v) is 22.3. The minimum absolute atomic E-state index is 0.00545. The molecule has 0 aromatic heterocycles. The minimum atomic E-state index is -3.08. The highest BCUT2D eigenvalue weighted by Crippen LogP contribution is 2.56. The number of hydrogen-bond donors (Lipinski definition) is 6. The number of carbonyl (C=O) groups excluding carboxylic acids is 4. The summed E-state index contributed by atoms with van der Waals surface area (Å²) < 4.78 is 11.1. The van der Waals surface area contributed by atoms with Gasteiger partial charge in [-0.3, -0.25) is 29.0 Å². The summed E-state index contributed by atoms with van der Waals surface area (Å²) in [5, 5.41) is 56.4. The summed E-state index contributed by atoms with van der Waals surface area (Å²) in [5.74, 6) is -10.5. The molecule has 2 fully saturated rings. The van der Waals surface area contributed by atoms with Gasteiger partial charge in [0.25, 0.3) is 5.91 Å². The summed E-state index contributed by atoms with van der Waals surface area (Å²) in [7, 11) is 2.82. The molecule has 6 atom stereocenters. The summed E-state index contributed by atoms with van der Waals surface area (Å²) in [6.45, 7) is 1.62. The SMILES string of the molecule is CN(C)[C@H]1C(=O)C(C(N)=O)=C(O)[C@@]2(O)C(=O)C3=C(O)c4c(O)cccc4[C@H](O)[C@H]3[C@@H](OC(=O)CCN3CCOC3)[C@H]12. The van der Waals surface area contributed by atoms with Crippen molar-refractivity contribution < 1.29 is 54.2 Å². The Hall–Kier alpha value is -3.82. The summed E-state index contributed by atoms with van der Waals surface area (Å²) in [4.78, 5) is 56.1. The molecule has 1 aromatic rings. The molecule has 1 heterocycles. The van der Waals surface area contributed by atoms with E-state index >= 15 is 0 Å². The summed E-state index contributed by atoms with van der Waals surface area (Å²) in [6, 6.07) is 2.46. The number of aliphatic hydroxyl groups is 4. The molecular weight excluding hydrogens is 542 g/mol. The number of likely N-dealkylation sites (N-methyl/N-ethyl adjacent to an activating group) is 1. The molecule has 7 N–H and O–H groups in total. The first-order chi connectivity index (χ1) is 19.3. The van der Waals surface area contributed by atoms with Crippen LogP contribution in [-0.2, 0) is 28.7 Å². The van der Waals surface area contributed by atoms with Crippen LogP contribution in [0.3, 0.4) is 0 Å². The van der Waals surface area contributed by atoms with E-state index in [-0.39, 0.29) is 24.1 Å². The predicted octanol–water partition coefficient (Wildman–Crippen LogP) is -1.34. The van der Waals surface area contributed by atoms with Crippen LogP contribution in [0, 0.1) is 11.8 Å². The van der Waals surface area contributed by atoms with Crippen molar-refractivity contribution in [2.24, 2.45) is 17.6 Å². The third-order valence-electron chi connectivity index (χ3n) is 8.32. The first kappa shape index (κ1) is 28.7. The molecular formula is C27H31N3O11. The van der Waals surface area contributed by atoms with Crippen molar-refractivity contribution in [3.63, 3.8) is 0 Å². The Labute approximate surface area is 233 Å². The van der Waals surface area contributed by atoms with Crippen LogP contribution in [0.4, 0.5) is 0 Å². The largest absolute Gasteiger partial charge is 0.508 e. The van der Waals surface area contributed by atoms with E-state index in [2.05, 4.69) is 0 Å². The molecule has 4 aliphatic rings. The number of Topliss-reactive ketones (excluding diaryl/α,β-unsaturated/α-hetero) is 2. The van der Waals surface area contributed by atoms with E-state index in [9.17, 15) is 44.7 Å². The Balaban J connectivity index is 1.71. The van der Waals surface area contributed by atoms with Crippen LogP contribution < -0.4 is 5.73 Å². The number of hydrogen-bond acceptors (Lipinski definition) is 13. The van der Waals surface area contributed by atoms with Crippen LogP contribution in [-0.4, -0.2) is 117 Å². The van der Waals surface area contributed by atoms with E-state index < -0.39 is 87.5 Å². The number of nitrogens with two attached hydrogens (primary N) is 1. The van der Waals surface area contributed by atoms with Gasteiger partial charge < -0.3 is 40.7 Å². The lowest BCUT2D eigenvalue weighted by molar-refractivity contribution is -0.190. The van der Waals surface area contributed by atoms with E-state index in [1.54, 1.807) is 0 Å². The standard InChI is InChI=1S/C27H31N3O11/c1-29(2)19-18-23(41-13(32)6-7-30-8-9-40-10-30)15-16(21(34)14-11(20(15)33)4-3-5-12(14)31)24(36)27(18,39)25(37)17(22(19)35)26(28)38/h3-5,15,18-20,23,31,33-34,37,39H,6-10H2,1-2H3,(H2,28,38)/t15-,18-,19+,20-,23+,27-/m0/s1. The van der Waals surface area contributed by atoms with E-state index in [1.807, 2.05) is 4.90 Å². The van der Waals surface area contributed by atoms with Crippen LogP contribution in [0.1, 0.15) is 23.7 Å². The highest BCUT2D eigenvalue weighted by molar-refractivity contribution is 6.24. The van der Waals surface area contributed by atoms with E-state index in [0.29, 0.717) is 19.9 Å². The van der Waals surface area contributed by atoms with Crippen LogP contribution >= 0.6 is 0 Å². The smallest absolute Gasteiger partial charge is 0.307 e. The normalized spacial score (nSPS) is 31.7. The molecule has 1 saturated carbocycles. The number of phenols is 1. The topological polar surface area (TPSA) is 220 Å². The van der Waals surface area contributed by atoms with E-state index in [0.717, 1.165) is 0 Å². The van der Waals surface area contributed by atoms with Crippen molar-refractivity contribution >= 4 is 29.2 Å². The second kappa shape index (κ2) is 10.2. The molecule has 5 rings (SSSR count). The fourth-order valence-corrected chi connectivity index (χ4v) is 6.45. The molecule has 14 nitrogen and oxygen atoms in total. The summed E-state index contributed by atoms with van der Waals surface area (Å²) >= 11 is 0. The second-order valence-electron chi connectivity index (χ2n) is 10.8. The summed E-state index contributed by atoms with van der Waals surface area (Å²) in [6.07, 6.45) is -3.52. The van der Waals surface area contributed by atoms with Crippen LogP contribution in [0.25, 0.3) is 5.76 Å². The van der Waals surface area contributed by atoms with Crippen molar-refractivity contribution in [3.8, 4) is 5.75 Å². The fourth-order valence-electron chi connectivity index (χ4n) is 6.45. The molecule has 1 aromatic carbocycles. The third kappa shape index (κ3) is 4.21. The first-order valence-corrected chi connectivity index (χ1v) is 13.0. The number of ketones is 2. The van der Waals surface area contributed by atoms with Gasteiger partial charge in [0, 0.05) is 13.1 Å². The number of phenolic OH excluding ortho intramolecular Hbond substituents is 1. The zero-order chi connectivity index (χ0) is 30.0. The third-order valence-corrected chi connectivity index (χ3v) is 8.32. The van der Waals surface area contributed by atoms with Gasteiger partial charge in [-0.2, -0.15) is 0 Å². The maximum absolute atomic E-state index is 14.1. The van der Waals surface area contributed by atoms with Gasteiger partial charge in [0.2, 0.25) is 5.78 Å². The number of benzene rings is 1. The highest BCUT2D eigenvalue weighted by atomic mass is 16.5. The molecule has 0 radical (unpaired) electrons. The van der Waals surface area contributed by atoms with Gasteiger partial charge >= 0.3 is 5.97 Å². The van der Waals surface area contributed by atoms with Gasteiger partial charge in [0.15, 0.2) is 11.4 Å². The number of aromatic hydroxyl groups is 1. The number of esters is 1. The lowest BCUT2D eigenvalue weighted by Crippen LogP contribution is -2.71. The van der Waals surface area contributed by atoms with E-state index in [4.69, 9.17) is 15.2 Å². The minimum Gasteiger partial charge on any atom is -0.508 e. The van der Waals surface area contributed by atoms with E-state index in [1.165, 1.54) is 37.2 Å². The molecule has 0 bridgehead atoms.